The van der Waals surface area contributed by atoms with Crippen LogP contribution < -0.4 is 5.32 Å². The molecule has 5 heteroatoms. The first-order valence-corrected chi connectivity index (χ1v) is 7.47. The van der Waals surface area contributed by atoms with E-state index in [-0.39, 0.29) is 5.91 Å². The Labute approximate surface area is 134 Å². The van der Waals surface area contributed by atoms with Crippen LogP contribution in [0.4, 0.5) is 5.69 Å². The minimum atomic E-state index is -0.149. The topological polar surface area (TPSA) is 68.0 Å². The second-order valence-corrected chi connectivity index (χ2v) is 5.27. The van der Waals surface area contributed by atoms with Crippen molar-refractivity contribution in [3.63, 3.8) is 0 Å². The number of hydrogen-bond donors (Lipinski definition) is 1. The van der Waals surface area contributed by atoms with Crippen LogP contribution in [0.2, 0.25) is 0 Å². The molecule has 116 valence electrons. The molecule has 0 bridgehead atoms. The van der Waals surface area contributed by atoms with Crippen molar-refractivity contribution in [1.29, 1.82) is 0 Å². The quantitative estimate of drug-likeness (QED) is 0.794. The van der Waals surface area contributed by atoms with E-state index in [1.54, 1.807) is 12.1 Å². The minimum absolute atomic E-state index is 0.149. The van der Waals surface area contributed by atoms with Gasteiger partial charge >= 0.3 is 0 Å². The van der Waals surface area contributed by atoms with Gasteiger partial charge in [0.1, 0.15) is 0 Å². The number of benzene rings is 2. The molecule has 1 amide bonds. The van der Waals surface area contributed by atoms with E-state index in [2.05, 4.69) is 15.5 Å². The van der Waals surface area contributed by atoms with Gasteiger partial charge in [-0.3, -0.25) is 4.79 Å². The third-order valence-corrected chi connectivity index (χ3v) is 3.45. The minimum Gasteiger partial charge on any atom is -0.339 e. The van der Waals surface area contributed by atoms with Gasteiger partial charge in [-0.05, 0) is 36.8 Å². The molecule has 1 N–H and O–H groups in total. The molecular weight excluding hydrogens is 290 g/mol. The molecule has 0 radical (unpaired) electrons. The summed E-state index contributed by atoms with van der Waals surface area (Å²) < 4.78 is 5.10. The molecule has 0 aliphatic carbocycles. The summed E-state index contributed by atoms with van der Waals surface area (Å²) in [5.41, 5.74) is 3.28. The fraction of sp³-hybridized carbons (Fsp3) is 0.167. The maximum Gasteiger partial charge on any atom is 0.255 e. The predicted molar refractivity (Wildman–Crippen MR) is 88.2 cm³/mol. The Bertz CT molecular complexity index is 822. The lowest BCUT2D eigenvalue weighted by Crippen LogP contribution is -2.11. The average Bonchev–Trinajstić information content (AvgIpc) is 3.04. The number of amides is 1. The van der Waals surface area contributed by atoms with Crippen molar-refractivity contribution in [2.45, 2.75) is 20.3 Å². The molecule has 0 unspecified atom stereocenters. The zero-order valence-corrected chi connectivity index (χ0v) is 13.0. The maximum absolute atomic E-state index is 12.3. The van der Waals surface area contributed by atoms with Crippen molar-refractivity contribution in [3.05, 3.63) is 65.5 Å². The van der Waals surface area contributed by atoms with E-state index < -0.39 is 0 Å². The Kier molecular flexibility index (Phi) is 4.19. The third-order valence-electron chi connectivity index (χ3n) is 3.45. The number of nitrogens with one attached hydrogen (secondary N) is 1. The lowest BCUT2D eigenvalue weighted by Gasteiger charge is -2.06. The van der Waals surface area contributed by atoms with Gasteiger partial charge in [-0.25, -0.2) is 0 Å². The molecule has 3 aromatic rings. The number of aryl methyl sites for hydroxylation is 2. The normalized spacial score (nSPS) is 10.5. The summed E-state index contributed by atoms with van der Waals surface area (Å²) >= 11 is 0. The zero-order valence-electron chi connectivity index (χ0n) is 13.0. The van der Waals surface area contributed by atoms with Gasteiger partial charge in [0.2, 0.25) is 11.7 Å². The third kappa shape index (κ3) is 3.45. The molecule has 0 saturated heterocycles. The van der Waals surface area contributed by atoms with E-state index in [1.165, 1.54) is 0 Å². The Morgan fingerprint density at radius 1 is 1.17 bits per heavy atom. The van der Waals surface area contributed by atoms with Crippen LogP contribution in [0.3, 0.4) is 0 Å². The molecule has 5 nitrogen and oxygen atoms in total. The number of carbonyl (C=O) groups is 1. The number of rotatable bonds is 4. The summed E-state index contributed by atoms with van der Waals surface area (Å²) in [6.07, 6.45) is 0.698. The highest BCUT2D eigenvalue weighted by Gasteiger charge is 2.10. The Balaban J connectivity index is 1.75. The van der Waals surface area contributed by atoms with E-state index in [1.807, 2.05) is 50.2 Å². The molecule has 1 aromatic heterocycles. The van der Waals surface area contributed by atoms with Crippen LogP contribution >= 0.6 is 0 Å². The summed E-state index contributed by atoms with van der Waals surface area (Å²) in [7, 11) is 0. The first kappa shape index (κ1) is 15.0. The number of nitrogens with zero attached hydrogens (tertiary/aromatic N) is 2. The van der Waals surface area contributed by atoms with E-state index in [0.29, 0.717) is 23.7 Å². The van der Waals surface area contributed by atoms with Crippen molar-refractivity contribution < 1.29 is 9.32 Å². The van der Waals surface area contributed by atoms with Gasteiger partial charge in [0.15, 0.2) is 0 Å². The van der Waals surface area contributed by atoms with Crippen molar-refractivity contribution in [1.82, 2.24) is 10.1 Å². The van der Waals surface area contributed by atoms with Crippen LogP contribution in [0, 0.1) is 6.92 Å². The molecular formula is C18H17N3O2. The van der Waals surface area contributed by atoms with Crippen LogP contribution in [0.5, 0.6) is 0 Å². The van der Waals surface area contributed by atoms with Crippen molar-refractivity contribution in [2.24, 2.45) is 0 Å². The Morgan fingerprint density at radius 2 is 1.96 bits per heavy atom. The summed E-state index contributed by atoms with van der Waals surface area (Å²) in [6, 6.07) is 14.8. The molecule has 0 spiro atoms. The van der Waals surface area contributed by atoms with Gasteiger partial charge in [0, 0.05) is 23.2 Å². The van der Waals surface area contributed by atoms with E-state index in [9.17, 15) is 4.79 Å². The number of aromatic nitrogens is 2. The fourth-order valence-corrected chi connectivity index (χ4v) is 2.21. The van der Waals surface area contributed by atoms with Gasteiger partial charge in [-0.1, -0.05) is 36.3 Å². The molecule has 0 atom stereocenters. The molecule has 3 rings (SSSR count). The van der Waals surface area contributed by atoms with Crippen LogP contribution in [-0.2, 0) is 6.42 Å². The standard InChI is InChI=1S/C18H17N3O2/c1-3-16-20-17(21-23-16)13-7-9-14(10-8-13)18(22)19-15-6-4-5-12(2)11-15/h4-11H,3H2,1-2H3,(H,19,22). The first-order valence-electron chi connectivity index (χ1n) is 7.47. The first-order chi connectivity index (χ1) is 11.2. The molecule has 0 aliphatic heterocycles. The Morgan fingerprint density at radius 3 is 2.61 bits per heavy atom. The van der Waals surface area contributed by atoms with Crippen molar-refractivity contribution in [3.8, 4) is 11.4 Å². The number of anilines is 1. The van der Waals surface area contributed by atoms with E-state index in [0.717, 1.165) is 16.8 Å². The van der Waals surface area contributed by atoms with Crippen molar-refractivity contribution in [2.75, 3.05) is 5.32 Å². The predicted octanol–water partition coefficient (Wildman–Crippen LogP) is 3.86. The largest absolute Gasteiger partial charge is 0.339 e. The second-order valence-electron chi connectivity index (χ2n) is 5.27. The molecule has 0 saturated carbocycles. The van der Waals surface area contributed by atoms with Gasteiger partial charge in [-0.2, -0.15) is 4.98 Å². The SMILES string of the molecule is CCc1nc(-c2ccc(C(=O)Nc3cccc(C)c3)cc2)no1. The molecule has 0 fully saturated rings. The average molecular weight is 307 g/mol. The van der Waals surface area contributed by atoms with E-state index >= 15 is 0 Å². The van der Waals surface area contributed by atoms with Crippen LogP contribution in [-0.4, -0.2) is 16.0 Å². The molecule has 1 heterocycles. The summed E-state index contributed by atoms with van der Waals surface area (Å²) in [5, 5.41) is 6.81. The summed E-state index contributed by atoms with van der Waals surface area (Å²) in [6.45, 7) is 3.94. The highest BCUT2D eigenvalue weighted by Crippen LogP contribution is 2.18. The van der Waals surface area contributed by atoms with Crippen LogP contribution in [0.1, 0.15) is 28.7 Å². The maximum atomic E-state index is 12.3. The smallest absolute Gasteiger partial charge is 0.255 e. The lowest BCUT2D eigenvalue weighted by molar-refractivity contribution is 0.102. The molecule has 0 aliphatic rings. The monoisotopic (exact) mass is 307 g/mol. The number of hydrogen-bond acceptors (Lipinski definition) is 4. The Hall–Kier alpha value is -2.95. The molecule has 23 heavy (non-hydrogen) atoms. The summed E-state index contributed by atoms with van der Waals surface area (Å²) in [4.78, 5) is 16.5. The lowest BCUT2D eigenvalue weighted by atomic mass is 10.1. The highest BCUT2D eigenvalue weighted by molar-refractivity contribution is 6.04. The van der Waals surface area contributed by atoms with Gasteiger partial charge in [0.25, 0.3) is 5.91 Å². The van der Waals surface area contributed by atoms with Gasteiger partial charge in [0.05, 0.1) is 0 Å². The zero-order chi connectivity index (χ0) is 16.2. The second kappa shape index (κ2) is 6.44. The van der Waals surface area contributed by atoms with E-state index in [4.69, 9.17) is 4.52 Å². The highest BCUT2D eigenvalue weighted by atomic mass is 16.5. The molecule has 2 aromatic carbocycles. The summed E-state index contributed by atoms with van der Waals surface area (Å²) in [5.74, 6) is 0.985. The fourth-order valence-electron chi connectivity index (χ4n) is 2.21. The van der Waals surface area contributed by atoms with Crippen molar-refractivity contribution >= 4 is 11.6 Å². The van der Waals surface area contributed by atoms with Crippen LogP contribution in [0.25, 0.3) is 11.4 Å². The van der Waals surface area contributed by atoms with Gasteiger partial charge in [-0.15, -0.1) is 0 Å². The van der Waals surface area contributed by atoms with Gasteiger partial charge < -0.3 is 9.84 Å². The number of carbonyl (C=O) groups excluding carboxylic acids is 1. The van der Waals surface area contributed by atoms with Crippen LogP contribution in [0.15, 0.2) is 53.1 Å².